The number of anilines is 1. The number of thiazole rings is 4. The topological polar surface area (TPSA) is 332 Å². The van der Waals surface area contributed by atoms with Crippen LogP contribution in [0.3, 0.4) is 0 Å². The van der Waals surface area contributed by atoms with E-state index in [0.29, 0.717) is 61.9 Å². The number of carbonyl (C=O) groups excluding carboxylic acids is 6. The predicted molar refractivity (Wildman–Crippen MR) is 413 cm³/mol. The lowest BCUT2D eigenvalue weighted by Gasteiger charge is -2.31. The highest BCUT2D eigenvalue weighted by molar-refractivity contribution is 9.11. The van der Waals surface area contributed by atoms with Crippen molar-refractivity contribution in [2.75, 3.05) is 78.3 Å². The minimum atomic E-state index is -4.01. The SMILES string of the molecule is CCOC(=O)C1=C(CN2CC(F)(F)C[C@H]2C(=O)NS(C)(=O)=O)NC(c2nccs2)=N[C@H]1c1ccc(F)cc1Br.CCOC(=O)C1=C(CN2CC(F)(F)C[C@H]2C(=O)Nc2nccs2)NC(c2nccs2)=N[C@H]1c1ccc(F)cc1Br.COC(=O)C1=C(CN2CC(F)(F)C[C@H]2C(=O)OC)NC(c2nccs2)=N[C@H]1c1ccc(F)cc1Br. The van der Waals surface area contributed by atoms with Gasteiger partial charge in [-0.1, -0.05) is 66.0 Å². The Kier molecular flexibility index (Phi) is 27.7. The number of alkyl halides is 6. The lowest BCUT2D eigenvalue weighted by atomic mass is 9.95. The number of sulfonamides is 1. The fourth-order valence-electron chi connectivity index (χ4n) is 13.0. The third-order valence-electron chi connectivity index (χ3n) is 17.7. The van der Waals surface area contributed by atoms with Gasteiger partial charge in [0, 0.05) is 116 Å². The first kappa shape index (κ1) is 86.1. The molecule has 606 valence electrons. The number of nitrogens with zero attached hydrogens (tertiary/aromatic N) is 10. The van der Waals surface area contributed by atoms with Crippen molar-refractivity contribution in [3.05, 3.63) is 197 Å². The number of nitrogens with one attached hydrogen (secondary N) is 5. The summed E-state index contributed by atoms with van der Waals surface area (Å²) in [6.07, 6.45) is 4.59. The minimum absolute atomic E-state index is 0.00283. The second kappa shape index (κ2) is 36.6. The molecular formula is C70H65Br3F9N15O12S5. The van der Waals surface area contributed by atoms with Gasteiger partial charge in [-0.05, 0) is 66.9 Å². The Morgan fingerprint density at radius 3 is 1.17 bits per heavy atom. The summed E-state index contributed by atoms with van der Waals surface area (Å²) in [6, 6.07) is 4.82. The monoisotopic (exact) mass is 1880 g/mol. The van der Waals surface area contributed by atoms with Crippen molar-refractivity contribution in [3.63, 3.8) is 0 Å². The lowest BCUT2D eigenvalue weighted by Crippen LogP contribution is -2.47. The van der Waals surface area contributed by atoms with Crippen LogP contribution in [0.25, 0.3) is 0 Å². The third-order valence-corrected chi connectivity index (χ3v) is 23.3. The summed E-state index contributed by atoms with van der Waals surface area (Å²) in [7, 11) is -1.70. The molecule has 0 saturated carbocycles. The van der Waals surface area contributed by atoms with Gasteiger partial charge in [0.15, 0.2) is 37.7 Å². The number of aliphatic imine (C=N–C) groups is 3. The van der Waals surface area contributed by atoms with Crippen molar-refractivity contribution in [2.24, 2.45) is 15.0 Å². The first-order valence-corrected chi connectivity index (χ1v) is 41.7. The molecule has 44 heteroatoms. The van der Waals surface area contributed by atoms with Crippen molar-refractivity contribution >= 4 is 161 Å². The Morgan fingerprint density at radius 1 is 0.509 bits per heavy atom. The Morgan fingerprint density at radius 2 is 0.851 bits per heavy atom. The van der Waals surface area contributed by atoms with E-state index in [1.54, 1.807) is 52.5 Å². The predicted octanol–water partition coefficient (Wildman–Crippen LogP) is 10.9. The molecule has 10 heterocycles. The maximum Gasteiger partial charge on any atom is 0.338 e. The average Bonchev–Trinajstić information content (AvgIpc) is 0.857. The summed E-state index contributed by atoms with van der Waals surface area (Å²) in [4.78, 5) is 112. The number of amides is 2. The number of hydrogen-bond donors (Lipinski definition) is 5. The number of halogens is 12. The zero-order valence-electron chi connectivity index (χ0n) is 60.0. The van der Waals surface area contributed by atoms with Crippen molar-refractivity contribution < 1.29 is 95.6 Å². The Labute approximate surface area is 685 Å². The van der Waals surface area contributed by atoms with Gasteiger partial charge in [-0.15, -0.1) is 45.3 Å². The molecule has 0 aliphatic carbocycles. The molecule has 114 heavy (non-hydrogen) atoms. The van der Waals surface area contributed by atoms with Gasteiger partial charge in [0.1, 0.15) is 41.6 Å². The summed E-state index contributed by atoms with van der Waals surface area (Å²) >= 11 is 15.0. The fourth-order valence-corrected chi connectivity index (χ4v) is 17.5. The Bertz CT molecular complexity index is 5110. The molecule has 13 rings (SSSR count). The molecule has 27 nitrogen and oxygen atoms in total. The number of hydrogen-bond acceptors (Lipinski definition) is 29. The second-order valence-electron chi connectivity index (χ2n) is 25.7. The van der Waals surface area contributed by atoms with Crippen LogP contribution in [0.2, 0.25) is 0 Å². The van der Waals surface area contributed by atoms with Crippen molar-refractivity contribution in [1.29, 1.82) is 0 Å². The number of likely N-dealkylation sites (tertiary alicyclic amines) is 3. The molecule has 6 aliphatic rings. The van der Waals surface area contributed by atoms with Gasteiger partial charge < -0.3 is 40.2 Å². The number of benzene rings is 3. The lowest BCUT2D eigenvalue weighted by molar-refractivity contribution is -0.146. The van der Waals surface area contributed by atoms with Gasteiger partial charge in [0.05, 0.1) is 82.1 Å². The number of carbonyl (C=O) groups is 6. The number of ether oxygens (including phenoxy) is 4. The molecule has 0 radical (unpaired) electrons. The second-order valence-corrected chi connectivity index (χ2v) is 33.6. The molecule has 2 amide bonds. The zero-order chi connectivity index (χ0) is 82.3. The van der Waals surface area contributed by atoms with Crippen LogP contribution in [0.4, 0.5) is 44.6 Å². The number of amidine groups is 3. The number of esters is 4. The number of rotatable bonds is 22. The molecule has 3 aromatic carbocycles. The Balaban J connectivity index is 0.000000169. The van der Waals surface area contributed by atoms with Crippen molar-refractivity contribution in [3.8, 4) is 0 Å². The van der Waals surface area contributed by atoms with E-state index in [2.05, 4.69) is 99.0 Å². The first-order valence-electron chi connectivity index (χ1n) is 33.9. The zero-order valence-corrected chi connectivity index (χ0v) is 68.8. The maximum absolute atomic E-state index is 14.7. The van der Waals surface area contributed by atoms with E-state index in [-0.39, 0.29) is 72.5 Å². The molecular weight excluding hydrogens is 1810 g/mol. The number of aromatic nitrogens is 4. The van der Waals surface area contributed by atoms with E-state index in [4.69, 9.17) is 23.9 Å². The summed E-state index contributed by atoms with van der Waals surface area (Å²) < 4.78 is 175. The van der Waals surface area contributed by atoms with Gasteiger partial charge in [-0.2, -0.15) is 0 Å². The average molecular weight is 1880 g/mol. The fraction of sp³-hybridized carbons (Fsp3) is 0.357. The van der Waals surface area contributed by atoms with E-state index in [9.17, 15) is 76.7 Å². The quantitative estimate of drug-likeness (QED) is 0.0239. The minimum Gasteiger partial charge on any atom is -0.468 e. The van der Waals surface area contributed by atoms with Crippen LogP contribution in [0.5, 0.6) is 0 Å². The van der Waals surface area contributed by atoms with Crippen molar-refractivity contribution in [1.82, 2.24) is 55.3 Å². The van der Waals surface area contributed by atoms with Gasteiger partial charge in [-0.3, -0.25) is 48.8 Å². The molecule has 7 aromatic rings. The van der Waals surface area contributed by atoms with Crippen LogP contribution in [-0.4, -0.2) is 205 Å². The first-order chi connectivity index (χ1) is 54.1. The molecule has 3 fully saturated rings. The highest BCUT2D eigenvalue weighted by Crippen LogP contribution is 2.44. The molecule has 4 aromatic heterocycles. The number of methoxy groups -OCH3 is 2. The Hall–Kier alpha value is -8.73. The largest absolute Gasteiger partial charge is 0.468 e. The smallest absolute Gasteiger partial charge is 0.338 e. The van der Waals surface area contributed by atoms with Crippen molar-refractivity contribution in [2.45, 2.75) is 87.1 Å². The molecule has 0 unspecified atom stereocenters. The molecule has 0 spiro atoms. The summed E-state index contributed by atoms with van der Waals surface area (Å²) in [5, 5.41) is 20.2. The highest BCUT2D eigenvalue weighted by atomic mass is 79.9. The van der Waals surface area contributed by atoms with E-state index in [0.717, 1.165) is 18.3 Å². The molecule has 6 aliphatic heterocycles. The van der Waals surface area contributed by atoms with E-state index in [1.807, 2.05) is 0 Å². The maximum atomic E-state index is 14.7. The van der Waals surface area contributed by atoms with Crippen LogP contribution in [0, 0.1) is 17.5 Å². The summed E-state index contributed by atoms with van der Waals surface area (Å²) in [5.74, 6) is -15.1. The highest BCUT2D eigenvalue weighted by Gasteiger charge is 2.53. The standard InChI is InChI=1S/C25H22BrF3N6O3S2.C23H23BrF3N5O5S2.C22H20BrF3N4O4S/c1-2-38-23(37)18-16(11-35-12-25(28,29)10-17(35)21(36)34-24-31-6-8-40-24)32-20(22-30-5-7-39-22)33-19(18)14-4-3-13(27)9-15(14)26;1-3-37-22(34)17-15(10-32-11-23(26,27)9-16(32)20(33)31-39(2,35)36)29-19(21-28-6-7-38-21)30-18(17)13-5-4-12(25)8-14(13)24;1-33-20(31)15-8-22(25,26)10-30(15)9-14-16(21(32)34-2)17(12-4-3-11(24)7-13(12)23)29-18(28-14)19-27-5-6-35-19/h3-9,17,19H,2,10-12H2,1H3,(H,32,33)(H,31,34,36);4-8,16,18H,3,9-11H2,1-2H3,(H,29,30)(H,31,33);3-7,15,17H,8-10H2,1-2H3,(H,28,29)/t17-,19-;16-,18-;15-,17-/m000/s1. The van der Waals surface area contributed by atoms with Gasteiger partial charge in [0.2, 0.25) is 15.9 Å². The van der Waals surface area contributed by atoms with Gasteiger partial charge >= 0.3 is 23.9 Å². The summed E-state index contributed by atoms with van der Waals surface area (Å²) in [5.41, 5.74) is 1.91. The van der Waals surface area contributed by atoms with E-state index in [1.165, 1.54) is 129 Å². The van der Waals surface area contributed by atoms with E-state index >= 15 is 0 Å². The van der Waals surface area contributed by atoms with Crippen LogP contribution in [-0.2, 0) is 57.7 Å². The van der Waals surface area contributed by atoms with Crippen LogP contribution < -0.4 is 26.0 Å². The normalized spacial score (nSPS) is 21.3. The third kappa shape index (κ3) is 20.9. The van der Waals surface area contributed by atoms with E-state index < -0.39 is 156 Å². The molecule has 0 bridgehead atoms. The van der Waals surface area contributed by atoms with Crippen LogP contribution in [0.15, 0.2) is 163 Å². The molecule has 6 atom stereocenters. The molecule has 3 saturated heterocycles. The van der Waals surface area contributed by atoms with Crippen LogP contribution >= 0.6 is 93.1 Å². The molecule has 5 N–H and O–H groups in total. The van der Waals surface area contributed by atoms with Gasteiger partial charge in [-0.25, -0.2) is 82.3 Å². The summed E-state index contributed by atoms with van der Waals surface area (Å²) in [6.45, 7) is 0.165. The van der Waals surface area contributed by atoms with Gasteiger partial charge in [0.25, 0.3) is 23.7 Å². The van der Waals surface area contributed by atoms with Crippen LogP contribution in [0.1, 0.15) is 82.9 Å².